The molecule has 0 aromatic heterocycles. The van der Waals surface area contributed by atoms with Crippen molar-refractivity contribution in [2.75, 3.05) is 6.67 Å². The lowest BCUT2D eigenvalue weighted by atomic mass is 10.2. The average molecular weight is 178 g/mol. The summed E-state index contributed by atoms with van der Waals surface area (Å²) in [5.41, 5.74) is 0. The molecule has 6 heteroatoms. The van der Waals surface area contributed by atoms with Crippen LogP contribution in [0.2, 0.25) is 0 Å². The Labute approximate surface area is 66.7 Å². The van der Waals surface area contributed by atoms with E-state index in [1.807, 2.05) is 0 Å². The number of aliphatic hydroxyl groups excluding tert-OH is 3. The van der Waals surface area contributed by atoms with Crippen LogP contribution in [0.4, 0.5) is 4.39 Å². The molecule has 2 unspecified atom stereocenters. The minimum Gasteiger partial charge on any atom is -0.505 e. The highest BCUT2D eigenvalue weighted by Crippen LogP contribution is 2.21. The number of aliphatic hydroxyl groups is 3. The van der Waals surface area contributed by atoms with Crippen molar-refractivity contribution in [2.24, 2.45) is 0 Å². The molecule has 0 amide bonds. The monoisotopic (exact) mass is 178 g/mol. The second-order valence-corrected chi connectivity index (χ2v) is 2.28. The molecule has 0 aromatic carbocycles. The molecule has 0 spiro atoms. The van der Waals surface area contributed by atoms with Crippen LogP contribution < -0.4 is 0 Å². The maximum Gasteiger partial charge on any atom is 0.377 e. The van der Waals surface area contributed by atoms with E-state index < -0.39 is 36.4 Å². The Balaban J connectivity index is 2.80. The zero-order chi connectivity index (χ0) is 9.30. The number of cyclic esters (lactones) is 1. The number of esters is 1. The summed E-state index contributed by atoms with van der Waals surface area (Å²) in [6, 6.07) is 0. The van der Waals surface area contributed by atoms with Gasteiger partial charge in [0.05, 0.1) is 0 Å². The Kier molecular flexibility index (Phi) is 2.18. The fourth-order valence-corrected chi connectivity index (χ4v) is 0.808. The van der Waals surface area contributed by atoms with Crippen LogP contribution in [-0.2, 0) is 9.53 Å². The highest BCUT2D eigenvalue weighted by atomic mass is 19.1. The Hall–Kier alpha value is -1.30. The number of alkyl halides is 1. The average Bonchev–Trinajstić information content (AvgIpc) is 2.32. The number of carbonyl (C=O) groups excluding carboxylic acids is 1. The second kappa shape index (κ2) is 2.98. The van der Waals surface area contributed by atoms with Crippen LogP contribution >= 0.6 is 0 Å². The van der Waals surface area contributed by atoms with E-state index in [9.17, 15) is 9.18 Å². The number of ether oxygens (including phenoxy) is 1. The number of halogens is 1. The summed E-state index contributed by atoms with van der Waals surface area (Å²) in [4.78, 5) is 10.5. The maximum absolute atomic E-state index is 11.8. The van der Waals surface area contributed by atoms with Gasteiger partial charge in [0.25, 0.3) is 0 Å². The van der Waals surface area contributed by atoms with Crippen LogP contribution in [0.1, 0.15) is 0 Å². The van der Waals surface area contributed by atoms with Crippen molar-refractivity contribution in [1.29, 1.82) is 0 Å². The van der Waals surface area contributed by atoms with E-state index in [2.05, 4.69) is 4.74 Å². The van der Waals surface area contributed by atoms with Crippen LogP contribution in [-0.4, -0.2) is 40.2 Å². The Bertz CT molecular complexity index is 236. The predicted molar refractivity (Wildman–Crippen MR) is 34.1 cm³/mol. The van der Waals surface area contributed by atoms with Crippen molar-refractivity contribution in [3.8, 4) is 0 Å². The quantitative estimate of drug-likeness (QED) is 0.499. The Morgan fingerprint density at radius 2 is 2.17 bits per heavy atom. The van der Waals surface area contributed by atoms with Crippen molar-refractivity contribution in [3.63, 3.8) is 0 Å². The van der Waals surface area contributed by atoms with E-state index in [1.54, 1.807) is 0 Å². The summed E-state index contributed by atoms with van der Waals surface area (Å²) >= 11 is 0. The second-order valence-electron chi connectivity index (χ2n) is 2.28. The van der Waals surface area contributed by atoms with Crippen LogP contribution in [0.15, 0.2) is 11.5 Å². The molecule has 1 aliphatic rings. The number of hydrogen-bond acceptors (Lipinski definition) is 5. The summed E-state index contributed by atoms with van der Waals surface area (Å²) in [6.07, 6.45) is -3.12. The maximum atomic E-state index is 11.8. The summed E-state index contributed by atoms with van der Waals surface area (Å²) in [5, 5.41) is 26.4. The molecule has 2 atom stereocenters. The first kappa shape index (κ1) is 8.79. The van der Waals surface area contributed by atoms with E-state index in [4.69, 9.17) is 15.3 Å². The lowest BCUT2D eigenvalue weighted by Gasteiger charge is -2.13. The van der Waals surface area contributed by atoms with Gasteiger partial charge in [0.15, 0.2) is 11.9 Å². The van der Waals surface area contributed by atoms with Gasteiger partial charge < -0.3 is 20.1 Å². The van der Waals surface area contributed by atoms with E-state index in [1.165, 1.54) is 0 Å². The third-order valence-electron chi connectivity index (χ3n) is 1.45. The molecule has 3 N–H and O–H groups in total. The highest BCUT2D eigenvalue weighted by molar-refractivity contribution is 5.89. The molecule has 0 bridgehead atoms. The van der Waals surface area contributed by atoms with Gasteiger partial charge >= 0.3 is 5.97 Å². The lowest BCUT2D eigenvalue weighted by Crippen LogP contribution is -2.30. The van der Waals surface area contributed by atoms with Crippen molar-refractivity contribution < 1.29 is 29.2 Å². The molecule has 12 heavy (non-hydrogen) atoms. The molecule has 0 aliphatic carbocycles. The third-order valence-corrected chi connectivity index (χ3v) is 1.45. The van der Waals surface area contributed by atoms with Gasteiger partial charge in [0.1, 0.15) is 12.8 Å². The van der Waals surface area contributed by atoms with Gasteiger partial charge in [-0.2, -0.15) is 0 Å². The lowest BCUT2D eigenvalue weighted by molar-refractivity contribution is -0.147. The van der Waals surface area contributed by atoms with Crippen LogP contribution in [0.5, 0.6) is 0 Å². The van der Waals surface area contributed by atoms with E-state index in [0.29, 0.717) is 0 Å². The molecule has 0 saturated carbocycles. The minimum atomic E-state index is -1.64. The van der Waals surface area contributed by atoms with E-state index >= 15 is 0 Å². The highest BCUT2D eigenvalue weighted by Gasteiger charge is 2.39. The van der Waals surface area contributed by atoms with Gasteiger partial charge in [-0.05, 0) is 0 Å². The predicted octanol–water partition coefficient (Wildman–Crippen LogP) is -0.430. The summed E-state index contributed by atoms with van der Waals surface area (Å²) in [7, 11) is 0. The molecule has 1 rings (SSSR count). The van der Waals surface area contributed by atoms with Crippen molar-refractivity contribution in [2.45, 2.75) is 12.2 Å². The summed E-state index contributed by atoms with van der Waals surface area (Å²) in [5.74, 6) is -2.97. The van der Waals surface area contributed by atoms with Gasteiger partial charge in [-0.1, -0.05) is 0 Å². The van der Waals surface area contributed by atoms with Crippen molar-refractivity contribution in [3.05, 3.63) is 11.5 Å². The molecule has 0 aromatic rings. The zero-order valence-electron chi connectivity index (χ0n) is 5.90. The standard InChI is InChI=1S/C6H7FO5/c7-1-2(8)5-3(9)4(10)6(11)12-5/h2,5,8-10H,1H2. The molecule has 68 valence electrons. The minimum absolute atomic E-state index is 0.829. The van der Waals surface area contributed by atoms with Crippen LogP contribution in [0.25, 0.3) is 0 Å². The molecular weight excluding hydrogens is 171 g/mol. The number of rotatable bonds is 2. The zero-order valence-corrected chi connectivity index (χ0v) is 5.90. The summed E-state index contributed by atoms with van der Waals surface area (Å²) < 4.78 is 16.0. The molecule has 1 aliphatic heterocycles. The first-order valence-electron chi connectivity index (χ1n) is 3.15. The topological polar surface area (TPSA) is 87.0 Å². The fraction of sp³-hybridized carbons (Fsp3) is 0.500. The molecular formula is C6H7FO5. The van der Waals surface area contributed by atoms with Gasteiger partial charge in [-0.15, -0.1) is 0 Å². The van der Waals surface area contributed by atoms with E-state index in [-0.39, 0.29) is 0 Å². The molecule has 1 heterocycles. The normalized spacial score (nSPS) is 25.8. The fourth-order valence-electron chi connectivity index (χ4n) is 0.808. The van der Waals surface area contributed by atoms with Crippen LogP contribution in [0.3, 0.4) is 0 Å². The third kappa shape index (κ3) is 1.20. The molecule has 5 nitrogen and oxygen atoms in total. The Morgan fingerprint density at radius 3 is 2.50 bits per heavy atom. The van der Waals surface area contributed by atoms with Gasteiger partial charge in [-0.25, -0.2) is 9.18 Å². The Morgan fingerprint density at radius 1 is 1.58 bits per heavy atom. The molecule has 0 fully saturated rings. The van der Waals surface area contributed by atoms with E-state index in [0.717, 1.165) is 0 Å². The summed E-state index contributed by atoms with van der Waals surface area (Å²) in [6.45, 7) is -1.17. The van der Waals surface area contributed by atoms with Gasteiger partial charge in [0.2, 0.25) is 5.76 Å². The molecule has 0 radical (unpaired) electrons. The number of hydrogen-bond donors (Lipinski definition) is 3. The largest absolute Gasteiger partial charge is 0.505 e. The van der Waals surface area contributed by atoms with Crippen LogP contribution in [0, 0.1) is 0 Å². The van der Waals surface area contributed by atoms with Gasteiger partial charge in [-0.3, -0.25) is 0 Å². The van der Waals surface area contributed by atoms with Crippen molar-refractivity contribution >= 4 is 5.97 Å². The first-order chi connectivity index (χ1) is 5.57. The van der Waals surface area contributed by atoms with Gasteiger partial charge in [0, 0.05) is 0 Å². The molecule has 0 saturated heterocycles. The SMILES string of the molecule is O=C1OC(C(O)CF)C(O)=C1O. The first-order valence-corrected chi connectivity index (χ1v) is 3.15. The smallest absolute Gasteiger partial charge is 0.377 e. The number of carbonyl (C=O) groups is 1. The van der Waals surface area contributed by atoms with Crippen molar-refractivity contribution in [1.82, 2.24) is 0 Å².